The Balaban J connectivity index is 2.69. The maximum atomic E-state index is 13.0. The van der Waals surface area contributed by atoms with Crippen molar-refractivity contribution in [1.29, 1.82) is 0 Å². The number of aryl methyl sites for hydroxylation is 2. The van der Waals surface area contributed by atoms with Crippen LogP contribution in [-0.2, 0) is 14.8 Å². The number of hydrogen-bond acceptors (Lipinski definition) is 5. The fourth-order valence-electron chi connectivity index (χ4n) is 2.50. The Hall–Kier alpha value is -2.94. The van der Waals surface area contributed by atoms with Crippen molar-refractivity contribution >= 4 is 27.3 Å². The maximum Gasteiger partial charge on any atom is 0.289 e. The van der Waals surface area contributed by atoms with Gasteiger partial charge in [0.15, 0.2) is 4.90 Å². The molecule has 2 rings (SSSR count). The van der Waals surface area contributed by atoms with Crippen LogP contribution in [0.2, 0.25) is 0 Å². The van der Waals surface area contributed by atoms with Gasteiger partial charge in [0.25, 0.3) is 15.7 Å². The SMILES string of the molecule is Cc1cc(C)cc(N(CC(N)=O)S(=O)(=O)c2ccccc2[N+](=O)[O-])c1. The minimum atomic E-state index is -4.37. The van der Waals surface area contributed by atoms with Gasteiger partial charge in [0, 0.05) is 6.07 Å². The highest BCUT2D eigenvalue weighted by Crippen LogP contribution is 2.30. The highest BCUT2D eigenvalue weighted by Gasteiger charge is 2.32. The number of sulfonamides is 1. The van der Waals surface area contributed by atoms with Crippen LogP contribution in [0.4, 0.5) is 11.4 Å². The molecule has 0 atom stereocenters. The number of amides is 1. The van der Waals surface area contributed by atoms with Gasteiger partial charge in [-0.1, -0.05) is 18.2 Å². The van der Waals surface area contributed by atoms with Gasteiger partial charge in [-0.2, -0.15) is 0 Å². The second-order valence-electron chi connectivity index (χ2n) is 5.55. The van der Waals surface area contributed by atoms with Gasteiger partial charge in [0.2, 0.25) is 5.91 Å². The van der Waals surface area contributed by atoms with Crippen LogP contribution < -0.4 is 10.0 Å². The molecule has 2 aromatic rings. The summed E-state index contributed by atoms with van der Waals surface area (Å²) in [6.07, 6.45) is 0. The number of nitrogens with two attached hydrogens (primary N) is 1. The molecule has 0 heterocycles. The van der Waals surface area contributed by atoms with Gasteiger partial charge in [-0.25, -0.2) is 8.42 Å². The number of para-hydroxylation sites is 1. The Morgan fingerprint density at radius 2 is 1.72 bits per heavy atom. The van der Waals surface area contributed by atoms with Gasteiger partial charge >= 0.3 is 0 Å². The summed E-state index contributed by atoms with van der Waals surface area (Å²) in [6, 6.07) is 9.95. The van der Waals surface area contributed by atoms with E-state index in [1.807, 2.05) is 6.07 Å². The summed E-state index contributed by atoms with van der Waals surface area (Å²) in [5, 5.41) is 11.2. The van der Waals surface area contributed by atoms with Crippen LogP contribution in [0.5, 0.6) is 0 Å². The Bertz CT molecular complexity index is 920. The van der Waals surface area contributed by atoms with Crippen LogP contribution >= 0.6 is 0 Å². The molecule has 0 spiro atoms. The van der Waals surface area contributed by atoms with Crippen molar-refractivity contribution in [1.82, 2.24) is 0 Å². The molecule has 25 heavy (non-hydrogen) atoms. The fraction of sp³-hybridized carbons (Fsp3) is 0.188. The predicted molar refractivity (Wildman–Crippen MR) is 92.7 cm³/mol. The number of rotatable bonds is 6. The molecular formula is C16H17N3O5S. The molecule has 0 saturated heterocycles. The molecule has 132 valence electrons. The van der Waals surface area contributed by atoms with Crippen LogP contribution in [0, 0.1) is 24.0 Å². The highest BCUT2D eigenvalue weighted by molar-refractivity contribution is 7.93. The first-order valence-electron chi connectivity index (χ1n) is 7.25. The third-order valence-electron chi connectivity index (χ3n) is 3.42. The molecule has 0 fully saturated rings. The van der Waals surface area contributed by atoms with Gasteiger partial charge in [-0.05, 0) is 43.2 Å². The lowest BCUT2D eigenvalue weighted by Crippen LogP contribution is -2.38. The first-order valence-corrected chi connectivity index (χ1v) is 8.69. The number of benzene rings is 2. The zero-order valence-electron chi connectivity index (χ0n) is 13.7. The van der Waals surface area contributed by atoms with E-state index in [9.17, 15) is 23.3 Å². The van der Waals surface area contributed by atoms with Gasteiger partial charge in [-0.15, -0.1) is 0 Å². The number of carbonyl (C=O) groups excluding carboxylic acids is 1. The van der Waals surface area contributed by atoms with Crippen LogP contribution in [0.3, 0.4) is 0 Å². The lowest BCUT2D eigenvalue weighted by Gasteiger charge is -2.23. The summed E-state index contributed by atoms with van der Waals surface area (Å²) in [5.74, 6) is -0.874. The molecule has 0 unspecified atom stereocenters. The number of nitro benzene ring substituents is 1. The first kappa shape index (κ1) is 18.4. The van der Waals surface area contributed by atoms with Crippen molar-refractivity contribution in [2.75, 3.05) is 10.8 Å². The maximum absolute atomic E-state index is 13.0. The van der Waals surface area contributed by atoms with Crippen LogP contribution in [-0.4, -0.2) is 25.8 Å². The molecule has 0 aliphatic carbocycles. The number of nitro groups is 1. The molecular weight excluding hydrogens is 346 g/mol. The van der Waals surface area contributed by atoms with Gasteiger partial charge in [-0.3, -0.25) is 19.2 Å². The molecule has 0 aliphatic rings. The Kier molecular flexibility index (Phi) is 5.07. The second kappa shape index (κ2) is 6.89. The average molecular weight is 363 g/mol. The van der Waals surface area contributed by atoms with Crippen molar-refractivity contribution in [2.45, 2.75) is 18.7 Å². The molecule has 0 aliphatic heterocycles. The number of nitrogens with zero attached hydrogens (tertiary/aromatic N) is 2. The van der Waals surface area contributed by atoms with E-state index in [0.717, 1.165) is 27.6 Å². The molecule has 0 saturated carbocycles. The van der Waals surface area contributed by atoms with E-state index in [4.69, 9.17) is 5.73 Å². The highest BCUT2D eigenvalue weighted by atomic mass is 32.2. The van der Waals surface area contributed by atoms with Crippen molar-refractivity contribution in [3.05, 3.63) is 63.7 Å². The van der Waals surface area contributed by atoms with Crippen molar-refractivity contribution in [3.8, 4) is 0 Å². The topological polar surface area (TPSA) is 124 Å². The summed E-state index contributed by atoms with van der Waals surface area (Å²) in [6.45, 7) is 2.92. The monoisotopic (exact) mass is 363 g/mol. The third kappa shape index (κ3) is 3.94. The van der Waals surface area contributed by atoms with E-state index in [1.165, 1.54) is 12.1 Å². The fourth-order valence-corrected chi connectivity index (χ4v) is 4.07. The van der Waals surface area contributed by atoms with E-state index in [2.05, 4.69) is 0 Å². The molecule has 0 bridgehead atoms. The van der Waals surface area contributed by atoms with Gasteiger partial charge in [0.1, 0.15) is 6.54 Å². The lowest BCUT2D eigenvalue weighted by molar-refractivity contribution is -0.387. The van der Waals surface area contributed by atoms with Gasteiger partial charge < -0.3 is 5.73 Å². The summed E-state index contributed by atoms with van der Waals surface area (Å²) in [5.41, 5.74) is 6.41. The summed E-state index contributed by atoms with van der Waals surface area (Å²) >= 11 is 0. The van der Waals surface area contributed by atoms with Crippen LogP contribution in [0.15, 0.2) is 47.4 Å². The minimum absolute atomic E-state index is 0.217. The third-order valence-corrected chi connectivity index (χ3v) is 5.25. The van der Waals surface area contributed by atoms with E-state index < -0.39 is 38.0 Å². The zero-order chi connectivity index (χ0) is 18.8. The number of hydrogen-bond donors (Lipinski definition) is 1. The van der Waals surface area contributed by atoms with E-state index in [1.54, 1.807) is 26.0 Å². The number of anilines is 1. The molecule has 1 amide bonds. The number of primary amides is 1. The molecule has 9 heteroatoms. The Morgan fingerprint density at radius 3 is 2.24 bits per heavy atom. The second-order valence-corrected chi connectivity index (χ2v) is 7.38. The molecule has 8 nitrogen and oxygen atoms in total. The molecule has 2 aromatic carbocycles. The Morgan fingerprint density at radius 1 is 1.16 bits per heavy atom. The lowest BCUT2D eigenvalue weighted by atomic mass is 10.1. The summed E-state index contributed by atoms with van der Waals surface area (Å²) in [7, 11) is -4.37. The summed E-state index contributed by atoms with van der Waals surface area (Å²) < 4.78 is 26.8. The molecule has 0 aromatic heterocycles. The quantitative estimate of drug-likeness (QED) is 0.620. The summed E-state index contributed by atoms with van der Waals surface area (Å²) in [4.78, 5) is 21.3. The Labute approximate surface area is 145 Å². The zero-order valence-corrected chi connectivity index (χ0v) is 14.5. The molecule has 2 N–H and O–H groups in total. The van der Waals surface area contributed by atoms with Crippen LogP contribution in [0.1, 0.15) is 11.1 Å². The van der Waals surface area contributed by atoms with Crippen LogP contribution in [0.25, 0.3) is 0 Å². The minimum Gasteiger partial charge on any atom is -0.368 e. The van der Waals surface area contributed by atoms with Gasteiger partial charge in [0.05, 0.1) is 10.6 Å². The van der Waals surface area contributed by atoms with Crippen molar-refractivity contribution in [2.24, 2.45) is 5.73 Å². The van der Waals surface area contributed by atoms with E-state index >= 15 is 0 Å². The van der Waals surface area contributed by atoms with Crippen molar-refractivity contribution in [3.63, 3.8) is 0 Å². The van der Waals surface area contributed by atoms with E-state index in [-0.39, 0.29) is 5.69 Å². The van der Waals surface area contributed by atoms with Crippen molar-refractivity contribution < 1.29 is 18.1 Å². The average Bonchev–Trinajstić information content (AvgIpc) is 2.51. The molecule has 0 radical (unpaired) electrons. The normalized spacial score (nSPS) is 11.1. The smallest absolute Gasteiger partial charge is 0.289 e. The largest absolute Gasteiger partial charge is 0.368 e. The number of carbonyl (C=O) groups is 1. The van der Waals surface area contributed by atoms with E-state index in [0.29, 0.717) is 0 Å². The first-order chi connectivity index (χ1) is 11.6. The standard InChI is InChI=1S/C16H17N3O5S/c1-11-7-12(2)9-13(8-11)18(10-16(17)20)25(23,24)15-6-4-3-5-14(15)19(21)22/h3-9H,10H2,1-2H3,(H2,17,20). The predicted octanol–water partition coefficient (Wildman–Crippen LogP) is 1.89.